The highest BCUT2D eigenvalue weighted by molar-refractivity contribution is 6.17. The maximum absolute atomic E-state index is 14.7. The Hall–Kier alpha value is -4.19. The van der Waals surface area contributed by atoms with Crippen LogP contribution in [0.5, 0.6) is 0 Å². The highest BCUT2D eigenvalue weighted by Crippen LogP contribution is 2.42. The number of aromatic carboxylic acids is 1. The number of carboxylic acids is 1. The molecule has 170 valence electrons. The fourth-order valence-corrected chi connectivity index (χ4v) is 4.45. The summed E-state index contributed by atoms with van der Waals surface area (Å²) < 4.78 is 21.0. The zero-order valence-electron chi connectivity index (χ0n) is 19.2. The van der Waals surface area contributed by atoms with E-state index in [0.717, 1.165) is 22.2 Å². The first-order valence-electron chi connectivity index (χ1n) is 10.8. The standard InChI is InChI=1S/C28H22FNO4/c1-14-11-21(22(28(32)33)12-15(14)2)25-19-6-5-16(30(3)4)13-24(19)34-27-18-9-10-23(31)26(29)17(18)7-8-20(25)27/h5-13H,1-4H3,(H,32,33). The minimum atomic E-state index is -1.03. The van der Waals surface area contributed by atoms with Crippen molar-refractivity contribution in [2.45, 2.75) is 13.8 Å². The lowest BCUT2D eigenvalue weighted by Crippen LogP contribution is -2.08. The van der Waals surface area contributed by atoms with Crippen LogP contribution in [0, 0.1) is 19.7 Å². The normalized spacial score (nSPS) is 11.4. The van der Waals surface area contributed by atoms with E-state index in [4.69, 9.17) is 4.42 Å². The zero-order valence-corrected chi connectivity index (χ0v) is 19.2. The maximum Gasteiger partial charge on any atom is 0.336 e. The Balaban J connectivity index is 2.04. The monoisotopic (exact) mass is 455 g/mol. The van der Waals surface area contributed by atoms with Gasteiger partial charge in [-0.05, 0) is 66.9 Å². The second kappa shape index (κ2) is 7.70. The van der Waals surface area contributed by atoms with E-state index in [1.165, 1.54) is 6.07 Å². The van der Waals surface area contributed by atoms with Crippen LogP contribution in [-0.4, -0.2) is 25.2 Å². The van der Waals surface area contributed by atoms with E-state index in [9.17, 15) is 19.1 Å². The fraction of sp³-hybridized carbons (Fsp3) is 0.143. The Morgan fingerprint density at radius 3 is 2.24 bits per heavy atom. The molecule has 0 saturated carbocycles. The molecule has 1 aromatic heterocycles. The lowest BCUT2D eigenvalue weighted by Gasteiger charge is -2.18. The van der Waals surface area contributed by atoms with Crippen molar-refractivity contribution >= 4 is 44.4 Å². The summed E-state index contributed by atoms with van der Waals surface area (Å²) in [5.41, 5.74) is 4.38. The van der Waals surface area contributed by atoms with Gasteiger partial charge in [0.25, 0.3) is 0 Å². The summed E-state index contributed by atoms with van der Waals surface area (Å²) in [6.07, 6.45) is 0. The maximum atomic E-state index is 14.7. The molecule has 6 heteroatoms. The molecule has 4 aromatic carbocycles. The van der Waals surface area contributed by atoms with Gasteiger partial charge in [0.2, 0.25) is 5.43 Å². The molecule has 0 radical (unpaired) electrons. The van der Waals surface area contributed by atoms with Crippen LogP contribution in [0.25, 0.3) is 43.8 Å². The molecule has 34 heavy (non-hydrogen) atoms. The first-order valence-corrected chi connectivity index (χ1v) is 10.8. The summed E-state index contributed by atoms with van der Waals surface area (Å²) in [6, 6.07) is 15.3. The number of rotatable bonds is 3. The highest BCUT2D eigenvalue weighted by Gasteiger charge is 2.21. The third-order valence-electron chi connectivity index (χ3n) is 6.42. The van der Waals surface area contributed by atoms with Gasteiger partial charge >= 0.3 is 5.97 Å². The number of hydrogen-bond acceptors (Lipinski definition) is 4. The fourth-order valence-electron chi connectivity index (χ4n) is 4.45. The van der Waals surface area contributed by atoms with Crippen LogP contribution in [0.1, 0.15) is 21.5 Å². The number of carbonyl (C=O) groups is 1. The van der Waals surface area contributed by atoms with Gasteiger partial charge in [-0.15, -0.1) is 0 Å². The van der Waals surface area contributed by atoms with Crippen LogP contribution in [0.2, 0.25) is 0 Å². The third kappa shape index (κ3) is 3.22. The molecule has 1 heterocycles. The number of anilines is 1. The van der Waals surface area contributed by atoms with Gasteiger partial charge in [0.15, 0.2) is 5.82 Å². The molecule has 0 unspecified atom stereocenters. The molecular weight excluding hydrogens is 433 g/mol. The molecule has 0 bridgehead atoms. The molecule has 0 atom stereocenters. The second-order valence-electron chi connectivity index (χ2n) is 8.75. The number of benzene rings is 4. The van der Waals surface area contributed by atoms with E-state index in [1.807, 2.05) is 57.1 Å². The number of halogens is 1. The van der Waals surface area contributed by atoms with Crippen LogP contribution < -0.4 is 10.3 Å². The minimum absolute atomic E-state index is 0.163. The van der Waals surface area contributed by atoms with E-state index in [2.05, 4.69) is 0 Å². The molecule has 0 aliphatic heterocycles. The molecule has 5 aromatic rings. The summed E-state index contributed by atoms with van der Waals surface area (Å²) in [4.78, 5) is 26.1. The molecule has 5 nitrogen and oxygen atoms in total. The Morgan fingerprint density at radius 1 is 0.882 bits per heavy atom. The van der Waals surface area contributed by atoms with Crippen molar-refractivity contribution in [1.29, 1.82) is 0 Å². The quantitative estimate of drug-likeness (QED) is 0.256. The summed E-state index contributed by atoms with van der Waals surface area (Å²) in [6.45, 7) is 3.81. The summed E-state index contributed by atoms with van der Waals surface area (Å²) in [5.74, 6) is -1.87. The van der Waals surface area contributed by atoms with Crippen molar-refractivity contribution in [1.82, 2.24) is 0 Å². The Kier molecular flexibility index (Phi) is 4.90. The van der Waals surface area contributed by atoms with Crippen molar-refractivity contribution in [2.75, 3.05) is 19.0 Å². The van der Waals surface area contributed by atoms with Gasteiger partial charge in [-0.3, -0.25) is 4.79 Å². The van der Waals surface area contributed by atoms with Gasteiger partial charge in [0, 0.05) is 53.0 Å². The first kappa shape index (κ1) is 21.6. The SMILES string of the molecule is Cc1cc(C(=O)O)c(-c2c3ccc(N(C)C)cc3oc3c2ccc2c(F)c(=O)ccc23)cc1C. The Bertz CT molecular complexity index is 1720. The van der Waals surface area contributed by atoms with E-state index in [1.54, 1.807) is 24.3 Å². The summed E-state index contributed by atoms with van der Waals surface area (Å²) in [7, 11) is 3.82. The molecule has 0 aliphatic carbocycles. The van der Waals surface area contributed by atoms with Crippen LogP contribution in [0.15, 0.2) is 63.8 Å². The van der Waals surface area contributed by atoms with E-state index >= 15 is 0 Å². The molecule has 5 rings (SSSR count). The van der Waals surface area contributed by atoms with Crippen molar-refractivity contribution in [3.8, 4) is 11.1 Å². The van der Waals surface area contributed by atoms with Gasteiger partial charge in [0.05, 0.1) is 5.56 Å². The minimum Gasteiger partial charge on any atom is -0.478 e. The molecular formula is C28H22FNO4. The van der Waals surface area contributed by atoms with Gasteiger partial charge in [-0.1, -0.05) is 12.1 Å². The number of nitrogens with zero attached hydrogens (tertiary/aromatic N) is 1. The van der Waals surface area contributed by atoms with Crippen LogP contribution in [0.3, 0.4) is 0 Å². The van der Waals surface area contributed by atoms with Crippen LogP contribution in [0.4, 0.5) is 10.1 Å². The van der Waals surface area contributed by atoms with Gasteiger partial charge in [0.1, 0.15) is 11.2 Å². The number of carboxylic acid groups (broad SMARTS) is 1. The molecule has 1 N–H and O–H groups in total. The summed E-state index contributed by atoms with van der Waals surface area (Å²) >= 11 is 0. The highest BCUT2D eigenvalue weighted by atomic mass is 19.1. The Morgan fingerprint density at radius 2 is 1.53 bits per heavy atom. The van der Waals surface area contributed by atoms with E-state index < -0.39 is 17.2 Å². The third-order valence-corrected chi connectivity index (χ3v) is 6.42. The van der Waals surface area contributed by atoms with E-state index in [-0.39, 0.29) is 10.9 Å². The Labute approximate surface area is 194 Å². The predicted octanol–water partition coefficient (Wildman–Crippen LogP) is 6.29. The van der Waals surface area contributed by atoms with E-state index in [0.29, 0.717) is 33.1 Å². The number of aryl methyl sites for hydroxylation is 2. The lowest BCUT2D eigenvalue weighted by atomic mass is 9.89. The smallest absolute Gasteiger partial charge is 0.336 e. The number of hydrogen-bond donors (Lipinski definition) is 1. The average Bonchev–Trinajstić information content (AvgIpc) is 2.80. The van der Waals surface area contributed by atoms with Crippen molar-refractivity contribution in [2.24, 2.45) is 0 Å². The summed E-state index contributed by atoms with van der Waals surface area (Å²) in [5, 5.41) is 12.0. The molecule has 0 fully saturated rings. The molecule has 0 spiro atoms. The van der Waals surface area contributed by atoms with Crippen LogP contribution >= 0.6 is 0 Å². The van der Waals surface area contributed by atoms with Crippen molar-refractivity contribution in [3.05, 3.63) is 87.3 Å². The van der Waals surface area contributed by atoms with Crippen molar-refractivity contribution in [3.63, 3.8) is 0 Å². The van der Waals surface area contributed by atoms with Crippen molar-refractivity contribution < 1.29 is 18.7 Å². The second-order valence-corrected chi connectivity index (χ2v) is 8.75. The van der Waals surface area contributed by atoms with Crippen LogP contribution in [-0.2, 0) is 0 Å². The first-order chi connectivity index (χ1) is 16.2. The number of fused-ring (bicyclic) bond motifs is 4. The average molecular weight is 455 g/mol. The lowest BCUT2D eigenvalue weighted by molar-refractivity contribution is 0.0697. The van der Waals surface area contributed by atoms with Gasteiger partial charge in [-0.2, -0.15) is 0 Å². The van der Waals surface area contributed by atoms with Gasteiger partial charge in [-0.25, -0.2) is 9.18 Å². The largest absolute Gasteiger partial charge is 0.478 e. The molecule has 0 amide bonds. The predicted molar refractivity (Wildman–Crippen MR) is 134 cm³/mol. The molecule has 0 aliphatic rings. The molecule has 0 saturated heterocycles. The van der Waals surface area contributed by atoms with Gasteiger partial charge < -0.3 is 14.4 Å². The topological polar surface area (TPSA) is 70.8 Å². The zero-order chi connectivity index (χ0) is 24.3.